The number of ether oxygens (including phenoxy) is 1. The molecule has 11 heteroatoms. The Labute approximate surface area is 159 Å². The highest BCUT2D eigenvalue weighted by Crippen LogP contribution is 2.26. The fourth-order valence-electron chi connectivity index (χ4n) is 2.10. The zero-order chi connectivity index (χ0) is 21.0. The van der Waals surface area contributed by atoms with Gasteiger partial charge in [-0.05, 0) is 38.5 Å². The van der Waals surface area contributed by atoms with Crippen LogP contribution in [0.2, 0.25) is 0 Å². The Balaban J connectivity index is 3.20. The number of hydrogen-bond donors (Lipinski definition) is 1. The Morgan fingerprint density at radius 3 is 2.00 bits per heavy atom. The lowest BCUT2D eigenvalue weighted by atomic mass is 10.0. The topological polar surface area (TPSA) is 116 Å². The minimum absolute atomic E-state index is 0.00116. The van der Waals surface area contributed by atoms with Crippen molar-refractivity contribution in [3.63, 3.8) is 0 Å². The molecule has 27 heavy (non-hydrogen) atoms. The van der Waals surface area contributed by atoms with Crippen LogP contribution in [-0.2, 0) is 28.9 Å². The number of halogens is 1. The van der Waals surface area contributed by atoms with E-state index in [0.29, 0.717) is 0 Å². The molecule has 0 aliphatic rings. The fraction of sp³-hybridized carbons (Fsp3) is 0.562. The van der Waals surface area contributed by atoms with Gasteiger partial charge >= 0.3 is 6.09 Å². The van der Waals surface area contributed by atoms with E-state index in [2.05, 4.69) is 5.32 Å². The van der Waals surface area contributed by atoms with Gasteiger partial charge in [0.15, 0.2) is 9.84 Å². The van der Waals surface area contributed by atoms with Crippen molar-refractivity contribution < 1.29 is 34.9 Å². The van der Waals surface area contributed by atoms with Gasteiger partial charge in [0.25, 0.3) is 10.1 Å². The highest BCUT2D eigenvalue weighted by molar-refractivity contribution is 7.90. The standard InChI is InChI=1S/C16H24FNO7S2/c1-16(2,3)24-15(19)18-13(10-17)14(25-27(5,22)23)11-6-8-12(9-7-11)26(4,20)21/h6-9,13-14H,10H2,1-5H3,(H,18,19)/t13-,14+/m1/s1. The van der Waals surface area contributed by atoms with Crippen LogP contribution in [0.3, 0.4) is 0 Å². The molecule has 0 spiro atoms. The summed E-state index contributed by atoms with van der Waals surface area (Å²) in [5.74, 6) is 0. The third-order valence-electron chi connectivity index (χ3n) is 3.15. The van der Waals surface area contributed by atoms with E-state index in [1.54, 1.807) is 20.8 Å². The van der Waals surface area contributed by atoms with E-state index in [1.165, 1.54) is 24.3 Å². The molecule has 0 aliphatic carbocycles. The summed E-state index contributed by atoms with van der Waals surface area (Å²) >= 11 is 0. The Morgan fingerprint density at radius 2 is 1.63 bits per heavy atom. The lowest BCUT2D eigenvalue weighted by Gasteiger charge is -2.27. The molecule has 1 amide bonds. The van der Waals surface area contributed by atoms with Gasteiger partial charge in [0.05, 0.1) is 17.2 Å². The molecule has 0 aromatic heterocycles. The summed E-state index contributed by atoms with van der Waals surface area (Å²) in [7, 11) is -7.48. The number of benzene rings is 1. The highest BCUT2D eigenvalue weighted by atomic mass is 32.2. The normalized spacial score (nSPS) is 15.0. The maximum atomic E-state index is 13.6. The Bertz CT molecular complexity index is 859. The van der Waals surface area contributed by atoms with Crippen LogP contribution >= 0.6 is 0 Å². The van der Waals surface area contributed by atoms with Crippen molar-refractivity contribution in [3.05, 3.63) is 29.8 Å². The molecular weight excluding hydrogens is 401 g/mol. The second-order valence-electron chi connectivity index (χ2n) is 6.97. The molecule has 1 aromatic carbocycles. The van der Waals surface area contributed by atoms with Crippen molar-refractivity contribution >= 4 is 26.0 Å². The molecule has 2 atom stereocenters. The molecule has 0 fully saturated rings. The van der Waals surface area contributed by atoms with Crippen LogP contribution in [0.1, 0.15) is 32.4 Å². The predicted molar refractivity (Wildman–Crippen MR) is 97.4 cm³/mol. The fourth-order valence-corrected chi connectivity index (χ4v) is 3.35. The maximum absolute atomic E-state index is 13.6. The van der Waals surface area contributed by atoms with Crippen molar-refractivity contribution in [1.82, 2.24) is 5.32 Å². The summed E-state index contributed by atoms with van der Waals surface area (Å²) in [5, 5.41) is 2.25. The average molecular weight is 426 g/mol. The number of carbonyl (C=O) groups is 1. The van der Waals surface area contributed by atoms with Gasteiger partial charge in [-0.25, -0.2) is 17.6 Å². The summed E-state index contributed by atoms with van der Waals surface area (Å²) < 4.78 is 69.9. The lowest BCUT2D eigenvalue weighted by molar-refractivity contribution is 0.0428. The number of alkyl halides is 1. The number of sulfone groups is 1. The van der Waals surface area contributed by atoms with Crippen molar-refractivity contribution in [2.24, 2.45) is 0 Å². The smallest absolute Gasteiger partial charge is 0.408 e. The Hall–Kier alpha value is -1.72. The summed E-state index contributed by atoms with van der Waals surface area (Å²) in [6.07, 6.45) is -0.555. The molecule has 0 saturated heterocycles. The van der Waals surface area contributed by atoms with Crippen LogP contribution in [0.5, 0.6) is 0 Å². The largest absolute Gasteiger partial charge is 0.444 e. The number of nitrogens with one attached hydrogen (secondary N) is 1. The van der Waals surface area contributed by atoms with E-state index in [9.17, 15) is 26.0 Å². The van der Waals surface area contributed by atoms with Gasteiger partial charge in [0.2, 0.25) is 0 Å². The van der Waals surface area contributed by atoms with E-state index in [0.717, 1.165) is 12.5 Å². The first kappa shape index (κ1) is 23.3. The zero-order valence-corrected chi connectivity index (χ0v) is 17.4. The van der Waals surface area contributed by atoms with Gasteiger partial charge in [-0.3, -0.25) is 4.18 Å². The van der Waals surface area contributed by atoms with E-state index >= 15 is 0 Å². The van der Waals surface area contributed by atoms with Crippen LogP contribution in [0.25, 0.3) is 0 Å². The predicted octanol–water partition coefficient (Wildman–Crippen LogP) is 1.97. The molecule has 154 valence electrons. The minimum atomic E-state index is -4.01. The average Bonchev–Trinajstić information content (AvgIpc) is 2.47. The van der Waals surface area contributed by atoms with Crippen molar-refractivity contribution in [1.29, 1.82) is 0 Å². The van der Waals surface area contributed by atoms with Crippen molar-refractivity contribution in [3.8, 4) is 0 Å². The van der Waals surface area contributed by atoms with E-state index in [-0.39, 0.29) is 10.5 Å². The third-order valence-corrected chi connectivity index (χ3v) is 4.83. The van der Waals surface area contributed by atoms with Crippen molar-refractivity contribution in [2.75, 3.05) is 19.2 Å². The highest BCUT2D eigenvalue weighted by Gasteiger charge is 2.31. The van der Waals surface area contributed by atoms with Crippen LogP contribution in [0, 0.1) is 0 Å². The van der Waals surface area contributed by atoms with Gasteiger partial charge in [-0.2, -0.15) is 8.42 Å². The lowest BCUT2D eigenvalue weighted by Crippen LogP contribution is -2.44. The number of hydrogen-bond acceptors (Lipinski definition) is 7. The third kappa shape index (κ3) is 8.22. The van der Waals surface area contributed by atoms with Gasteiger partial charge in [0.1, 0.15) is 18.4 Å². The van der Waals surface area contributed by atoms with Crippen LogP contribution in [0.15, 0.2) is 29.2 Å². The zero-order valence-electron chi connectivity index (χ0n) is 15.7. The molecule has 0 bridgehead atoms. The summed E-state index contributed by atoms with van der Waals surface area (Å²) in [4.78, 5) is 11.9. The van der Waals surface area contributed by atoms with E-state index < -0.39 is 50.5 Å². The Morgan fingerprint density at radius 1 is 1.11 bits per heavy atom. The monoisotopic (exact) mass is 425 g/mol. The SMILES string of the molecule is CC(C)(C)OC(=O)N[C@H](CF)[C@@H](OS(C)(=O)=O)c1ccc(S(C)(=O)=O)cc1. The van der Waals surface area contributed by atoms with Crippen LogP contribution < -0.4 is 5.32 Å². The van der Waals surface area contributed by atoms with E-state index in [1.807, 2.05) is 0 Å². The summed E-state index contributed by atoms with van der Waals surface area (Å²) in [6.45, 7) is 3.70. The molecule has 0 aliphatic heterocycles. The molecule has 0 radical (unpaired) electrons. The number of amides is 1. The van der Waals surface area contributed by atoms with Crippen LogP contribution in [-0.4, -0.2) is 53.8 Å². The number of rotatable bonds is 7. The molecular formula is C16H24FNO7S2. The van der Waals surface area contributed by atoms with Crippen molar-refractivity contribution in [2.45, 2.75) is 43.4 Å². The van der Waals surface area contributed by atoms with Gasteiger partial charge in [0, 0.05) is 6.26 Å². The summed E-state index contributed by atoms with van der Waals surface area (Å²) in [6, 6.07) is 3.70. The number of carbonyl (C=O) groups excluding carboxylic acids is 1. The molecule has 0 heterocycles. The van der Waals surface area contributed by atoms with Gasteiger partial charge in [-0.1, -0.05) is 12.1 Å². The van der Waals surface area contributed by atoms with Gasteiger partial charge in [-0.15, -0.1) is 0 Å². The molecule has 8 nitrogen and oxygen atoms in total. The second-order valence-corrected chi connectivity index (χ2v) is 10.6. The molecule has 1 N–H and O–H groups in total. The maximum Gasteiger partial charge on any atom is 0.408 e. The van der Waals surface area contributed by atoms with E-state index in [4.69, 9.17) is 8.92 Å². The molecule has 1 aromatic rings. The molecule has 0 unspecified atom stereocenters. The number of alkyl carbamates (subject to hydrolysis) is 1. The second kappa shape index (κ2) is 8.53. The first-order chi connectivity index (χ1) is 12.1. The molecule has 1 rings (SSSR count). The van der Waals surface area contributed by atoms with Gasteiger partial charge < -0.3 is 10.1 Å². The Kier molecular flexibility index (Phi) is 7.37. The summed E-state index contributed by atoms with van der Waals surface area (Å²) in [5.41, 5.74) is -0.665. The quantitative estimate of drug-likeness (QED) is 0.664. The van der Waals surface area contributed by atoms with Crippen LogP contribution in [0.4, 0.5) is 9.18 Å². The first-order valence-electron chi connectivity index (χ1n) is 7.86. The minimum Gasteiger partial charge on any atom is -0.444 e. The molecule has 0 saturated carbocycles. The first-order valence-corrected chi connectivity index (χ1v) is 11.6.